The Morgan fingerprint density at radius 3 is 2.42 bits per heavy atom. The molecular formula is C23H19F2N3O4S. The van der Waals surface area contributed by atoms with E-state index >= 15 is 0 Å². The zero-order valence-corrected chi connectivity index (χ0v) is 18.7. The van der Waals surface area contributed by atoms with Crippen molar-refractivity contribution in [3.63, 3.8) is 0 Å². The van der Waals surface area contributed by atoms with E-state index in [1.54, 1.807) is 0 Å². The quantitative estimate of drug-likeness (QED) is 0.471. The van der Waals surface area contributed by atoms with Crippen LogP contribution in [0.2, 0.25) is 0 Å². The molecule has 170 valence electrons. The predicted molar refractivity (Wildman–Crippen MR) is 121 cm³/mol. The van der Waals surface area contributed by atoms with Crippen molar-refractivity contribution in [1.29, 1.82) is 0 Å². The van der Waals surface area contributed by atoms with Crippen LogP contribution in [0.25, 0.3) is 33.6 Å². The number of rotatable bonds is 5. The standard InChI is InChI=1S/C23H19F2N3O4S/c1-26-23(29)20-16-11-15(21-17(25)5-4-10-27-21)18(28(2)33(3,30)31)12-19(16)32-22(20)13-6-8-14(24)9-7-13/h4-12H,1-3H3,(H,26,29). The number of hydrogen-bond donors (Lipinski definition) is 1. The first kappa shape index (κ1) is 22.4. The minimum Gasteiger partial charge on any atom is -0.455 e. The Morgan fingerprint density at radius 2 is 1.82 bits per heavy atom. The fraction of sp³-hybridized carbons (Fsp3) is 0.130. The Morgan fingerprint density at radius 1 is 1.12 bits per heavy atom. The smallest absolute Gasteiger partial charge is 0.255 e. The summed E-state index contributed by atoms with van der Waals surface area (Å²) in [6.07, 6.45) is 2.39. The number of furan rings is 1. The topological polar surface area (TPSA) is 92.5 Å². The van der Waals surface area contributed by atoms with Gasteiger partial charge >= 0.3 is 0 Å². The number of amides is 1. The number of benzene rings is 2. The fourth-order valence-electron chi connectivity index (χ4n) is 3.50. The molecule has 0 fully saturated rings. The van der Waals surface area contributed by atoms with Crippen molar-refractivity contribution in [3.05, 3.63) is 71.9 Å². The molecule has 0 atom stereocenters. The summed E-state index contributed by atoms with van der Waals surface area (Å²) in [6, 6.07) is 10.9. The number of aromatic nitrogens is 1. The lowest BCUT2D eigenvalue weighted by molar-refractivity contribution is 0.0964. The monoisotopic (exact) mass is 471 g/mol. The number of sulfonamides is 1. The van der Waals surface area contributed by atoms with Gasteiger partial charge in [-0.2, -0.15) is 0 Å². The summed E-state index contributed by atoms with van der Waals surface area (Å²) in [6.45, 7) is 0. The molecule has 4 rings (SSSR count). The normalized spacial score (nSPS) is 11.5. The molecule has 10 heteroatoms. The average molecular weight is 471 g/mol. The van der Waals surface area contributed by atoms with Crippen molar-refractivity contribution in [2.24, 2.45) is 0 Å². The van der Waals surface area contributed by atoms with E-state index in [0.29, 0.717) is 10.9 Å². The third kappa shape index (κ3) is 4.05. The number of hydrogen-bond acceptors (Lipinski definition) is 5. The second kappa shape index (κ2) is 8.28. The van der Waals surface area contributed by atoms with E-state index in [1.165, 1.54) is 68.8 Å². The highest BCUT2D eigenvalue weighted by molar-refractivity contribution is 7.92. The number of nitrogens with one attached hydrogen (secondary N) is 1. The van der Waals surface area contributed by atoms with Gasteiger partial charge in [0.1, 0.15) is 28.7 Å². The maximum absolute atomic E-state index is 14.7. The summed E-state index contributed by atoms with van der Waals surface area (Å²) in [5.74, 6) is -1.44. The second-order valence-electron chi connectivity index (χ2n) is 7.32. The first-order chi connectivity index (χ1) is 15.6. The molecule has 2 heterocycles. The molecule has 0 bridgehead atoms. The summed E-state index contributed by atoms with van der Waals surface area (Å²) in [4.78, 5) is 16.9. The fourth-order valence-corrected chi connectivity index (χ4v) is 4.01. The van der Waals surface area contributed by atoms with Crippen LogP contribution >= 0.6 is 0 Å². The number of pyridine rings is 1. The van der Waals surface area contributed by atoms with Gasteiger partial charge in [0, 0.05) is 42.9 Å². The van der Waals surface area contributed by atoms with Gasteiger partial charge in [0.25, 0.3) is 5.91 Å². The van der Waals surface area contributed by atoms with Gasteiger partial charge in [0.2, 0.25) is 10.0 Å². The van der Waals surface area contributed by atoms with Crippen LogP contribution in [0, 0.1) is 11.6 Å². The molecule has 0 unspecified atom stereocenters. The van der Waals surface area contributed by atoms with Crippen molar-refractivity contribution < 1.29 is 26.4 Å². The van der Waals surface area contributed by atoms with Gasteiger partial charge < -0.3 is 9.73 Å². The van der Waals surface area contributed by atoms with E-state index < -0.39 is 27.6 Å². The molecule has 0 aliphatic heterocycles. The molecule has 0 saturated carbocycles. The van der Waals surface area contributed by atoms with E-state index in [-0.39, 0.29) is 33.9 Å². The summed E-state index contributed by atoms with van der Waals surface area (Å²) >= 11 is 0. The highest BCUT2D eigenvalue weighted by Crippen LogP contribution is 2.41. The van der Waals surface area contributed by atoms with E-state index in [4.69, 9.17) is 4.42 Å². The third-order valence-electron chi connectivity index (χ3n) is 5.22. The molecule has 0 saturated heterocycles. The van der Waals surface area contributed by atoms with Crippen molar-refractivity contribution in [3.8, 4) is 22.6 Å². The molecule has 1 amide bonds. The molecule has 0 spiro atoms. The van der Waals surface area contributed by atoms with E-state index in [0.717, 1.165) is 10.6 Å². The second-order valence-corrected chi connectivity index (χ2v) is 9.34. The van der Waals surface area contributed by atoms with Gasteiger partial charge in [-0.1, -0.05) is 0 Å². The Labute approximate surface area is 188 Å². The minimum atomic E-state index is -3.73. The molecule has 0 aliphatic carbocycles. The first-order valence-corrected chi connectivity index (χ1v) is 11.6. The molecule has 1 N–H and O–H groups in total. The van der Waals surface area contributed by atoms with Crippen LogP contribution < -0.4 is 9.62 Å². The van der Waals surface area contributed by atoms with Crippen molar-refractivity contribution in [1.82, 2.24) is 10.3 Å². The van der Waals surface area contributed by atoms with E-state index in [1.807, 2.05) is 0 Å². The largest absolute Gasteiger partial charge is 0.455 e. The van der Waals surface area contributed by atoms with Crippen LogP contribution in [0.4, 0.5) is 14.5 Å². The van der Waals surface area contributed by atoms with Crippen LogP contribution in [-0.2, 0) is 10.0 Å². The molecule has 0 aliphatic rings. The lowest BCUT2D eigenvalue weighted by Crippen LogP contribution is -2.25. The number of nitrogens with zero attached hydrogens (tertiary/aromatic N) is 2. The highest BCUT2D eigenvalue weighted by atomic mass is 32.2. The first-order valence-electron chi connectivity index (χ1n) is 9.75. The van der Waals surface area contributed by atoms with Gasteiger partial charge in [0.15, 0.2) is 0 Å². The summed E-state index contributed by atoms with van der Waals surface area (Å²) in [5, 5.41) is 2.86. The number of anilines is 1. The van der Waals surface area contributed by atoms with E-state index in [9.17, 15) is 22.0 Å². The zero-order chi connectivity index (χ0) is 23.9. The maximum atomic E-state index is 14.7. The minimum absolute atomic E-state index is 0.0858. The SMILES string of the molecule is CNC(=O)c1c(-c2ccc(F)cc2)oc2cc(N(C)S(C)(=O)=O)c(-c3ncccc3F)cc12. The zero-order valence-electron chi connectivity index (χ0n) is 17.9. The molecule has 0 radical (unpaired) electrons. The Balaban J connectivity index is 2.10. The van der Waals surface area contributed by atoms with Crippen LogP contribution in [0.15, 0.2) is 59.1 Å². The van der Waals surface area contributed by atoms with Crippen LogP contribution in [-0.4, -0.2) is 39.7 Å². The third-order valence-corrected chi connectivity index (χ3v) is 6.41. The summed E-state index contributed by atoms with van der Waals surface area (Å²) in [7, 11) is -0.960. The summed E-state index contributed by atoms with van der Waals surface area (Å²) < 4.78 is 59.7. The molecule has 33 heavy (non-hydrogen) atoms. The van der Waals surface area contributed by atoms with Gasteiger partial charge in [-0.15, -0.1) is 0 Å². The lowest BCUT2D eigenvalue weighted by Gasteiger charge is -2.20. The lowest BCUT2D eigenvalue weighted by atomic mass is 10.0. The molecular weight excluding hydrogens is 452 g/mol. The average Bonchev–Trinajstić information content (AvgIpc) is 3.15. The number of carbonyl (C=O) groups is 1. The summed E-state index contributed by atoms with van der Waals surface area (Å²) in [5.41, 5.74) is 0.964. The van der Waals surface area contributed by atoms with Crippen LogP contribution in [0.3, 0.4) is 0 Å². The highest BCUT2D eigenvalue weighted by Gasteiger charge is 2.27. The van der Waals surface area contributed by atoms with Crippen LogP contribution in [0.1, 0.15) is 10.4 Å². The van der Waals surface area contributed by atoms with Gasteiger partial charge in [0.05, 0.1) is 17.5 Å². The van der Waals surface area contributed by atoms with Crippen molar-refractivity contribution in [2.45, 2.75) is 0 Å². The molecule has 4 aromatic rings. The van der Waals surface area contributed by atoms with Gasteiger partial charge in [-0.3, -0.25) is 14.1 Å². The molecule has 7 nitrogen and oxygen atoms in total. The van der Waals surface area contributed by atoms with E-state index in [2.05, 4.69) is 10.3 Å². The number of halogens is 2. The molecule has 2 aromatic carbocycles. The van der Waals surface area contributed by atoms with Crippen molar-refractivity contribution >= 4 is 32.6 Å². The van der Waals surface area contributed by atoms with Crippen LogP contribution in [0.5, 0.6) is 0 Å². The van der Waals surface area contributed by atoms with Gasteiger partial charge in [-0.25, -0.2) is 17.2 Å². The van der Waals surface area contributed by atoms with Gasteiger partial charge in [-0.05, 0) is 42.5 Å². The number of carbonyl (C=O) groups excluding carboxylic acids is 1. The predicted octanol–water partition coefficient (Wildman–Crippen LogP) is 4.20. The Kier molecular flexibility index (Phi) is 5.62. The Bertz CT molecular complexity index is 1480. The Hall–Kier alpha value is -3.79. The molecule has 2 aromatic heterocycles. The number of fused-ring (bicyclic) bond motifs is 1. The maximum Gasteiger partial charge on any atom is 0.255 e. The van der Waals surface area contributed by atoms with Crippen molar-refractivity contribution in [2.75, 3.05) is 24.7 Å².